The van der Waals surface area contributed by atoms with Crippen LogP contribution in [0.5, 0.6) is 11.5 Å². The highest BCUT2D eigenvalue weighted by Crippen LogP contribution is 2.35. The number of methoxy groups -OCH3 is 2. The molecule has 0 radical (unpaired) electrons. The summed E-state index contributed by atoms with van der Waals surface area (Å²) >= 11 is 0. The summed E-state index contributed by atoms with van der Waals surface area (Å²) in [6, 6.07) is 16.4. The standard InChI is InChI=1S/C29H36N4O5S/c1-31(2)26-11-5-9-24-23(26)8-6-12-29(24)39(35,36)32-17-15-22(16-18-32)33(34)19-7-10-25(30-33)21-13-14-27(37-3)28(20-21)38-4/h5-6,8-9,11-14,20,22H,7,10,15-19H2,1-4H3. The molecule has 3 aromatic carbocycles. The third kappa shape index (κ3) is 5.09. The van der Waals surface area contributed by atoms with Gasteiger partial charge in [0.25, 0.3) is 0 Å². The van der Waals surface area contributed by atoms with Gasteiger partial charge < -0.3 is 19.6 Å². The van der Waals surface area contributed by atoms with Crippen LogP contribution in [0.4, 0.5) is 5.69 Å². The van der Waals surface area contributed by atoms with Crippen LogP contribution in [0.15, 0.2) is 64.6 Å². The SMILES string of the molecule is COc1ccc(C2=N[N+]([O-])(C3CCN(S(=O)(=O)c4cccc5c(N(C)C)cccc45)CC3)CCC2)cc1OC. The van der Waals surface area contributed by atoms with Crippen LogP contribution >= 0.6 is 0 Å². The van der Waals surface area contributed by atoms with Crippen molar-refractivity contribution in [3.63, 3.8) is 0 Å². The fraction of sp³-hybridized carbons (Fsp3) is 0.414. The molecule has 39 heavy (non-hydrogen) atoms. The lowest BCUT2D eigenvalue weighted by atomic mass is 10.0. The molecule has 0 spiro atoms. The van der Waals surface area contributed by atoms with Gasteiger partial charge in [-0.3, -0.25) is 0 Å². The first-order chi connectivity index (χ1) is 18.7. The van der Waals surface area contributed by atoms with Gasteiger partial charge in [0.15, 0.2) is 11.5 Å². The topological polar surface area (TPSA) is 94.5 Å². The minimum Gasteiger partial charge on any atom is -0.604 e. The highest BCUT2D eigenvalue weighted by molar-refractivity contribution is 7.89. The van der Waals surface area contributed by atoms with Crippen molar-refractivity contribution in [2.75, 3.05) is 52.8 Å². The number of hydroxylamine groups is 2. The smallest absolute Gasteiger partial charge is 0.243 e. The Morgan fingerprint density at radius 1 is 0.974 bits per heavy atom. The van der Waals surface area contributed by atoms with Crippen LogP contribution in [0.1, 0.15) is 31.2 Å². The predicted octanol–water partition coefficient (Wildman–Crippen LogP) is 4.59. The fourth-order valence-electron chi connectivity index (χ4n) is 5.76. The summed E-state index contributed by atoms with van der Waals surface area (Å²) in [5.74, 6) is 1.22. The zero-order valence-electron chi connectivity index (χ0n) is 23.0. The molecule has 5 rings (SSSR count). The summed E-state index contributed by atoms with van der Waals surface area (Å²) in [6.45, 7) is 0.977. The molecule has 1 saturated heterocycles. The van der Waals surface area contributed by atoms with Crippen molar-refractivity contribution in [1.29, 1.82) is 0 Å². The van der Waals surface area contributed by atoms with Crippen molar-refractivity contribution in [2.45, 2.75) is 36.6 Å². The van der Waals surface area contributed by atoms with Crippen molar-refractivity contribution in [2.24, 2.45) is 5.10 Å². The van der Waals surface area contributed by atoms with E-state index in [2.05, 4.69) is 5.10 Å². The van der Waals surface area contributed by atoms with E-state index in [4.69, 9.17) is 9.47 Å². The Balaban J connectivity index is 1.36. The van der Waals surface area contributed by atoms with Gasteiger partial charge in [-0.1, -0.05) is 29.4 Å². The Labute approximate surface area is 230 Å². The van der Waals surface area contributed by atoms with Gasteiger partial charge in [-0.05, 0) is 30.3 Å². The van der Waals surface area contributed by atoms with Crippen LogP contribution in [0.3, 0.4) is 0 Å². The van der Waals surface area contributed by atoms with Crippen LogP contribution in [0, 0.1) is 5.21 Å². The summed E-state index contributed by atoms with van der Waals surface area (Å²) < 4.78 is 39.2. The monoisotopic (exact) mass is 552 g/mol. The van der Waals surface area contributed by atoms with E-state index in [9.17, 15) is 13.6 Å². The van der Waals surface area contributed by atoms with Gasteiger partial charge in [0.05, 0.1) is 19.1 Å². The Hall–Kier alpha value is -3.18. The Bertz CT molecular complexity index is 1500. The number of anilines is 1. The molecule has 0 amide bonds. The second kappa shape index (κ2) is 10.8. The third-order valence-electron chi connectivity index (χ3n) is 7.85. The molecule has 0 N–H and O–H groups in total. The number of benzene rings is 3. The molecule has 0 aromatic heterocycles. The van der Waals surface area contributed by atoms with Crippen molar-refractivity contribution in [3.05, 3.63) is 65.4 Å². The third-order valence-corrected chi connectivity index (χ3v) is 9.81. The molecule has 10 heteroatoms. The molecule has 9 nitrogen and oxygen atoms in total. The van der Waals surface area contributed by atoms with Gasteiger partial charge in [-0.15, -0.1) is 0 Å². The molecule has 2 aliphatic heterocycles. The van der Waals surface area contributed by atoms with Gasteiger partial charge in [0.2, 0.25) is 10.0 Å². The quantitative estimate of drug-likeness (QED) is 0.314. The number of sulfonamides is 1. The maximum atomic E-state index is 14.0. The number of nitrogens with zero attached hydrogens (tertiary/aromatic N) is 4. The molecule has 208 valence electrons. The molecule has 0 bridgehead atoms. The summed E-state index contributed by atoms with van der Waals surface area (Å²) in [7, 11) is 3.33. The number of piperidine rings is 1. The molecule has 1 atom stereocenters. The highest BCUT2D eigenvalue weighted by Gasteiger charge is 2.39. The van der Waals surface area contributed by atoms with Gasteiger partial charge >= 0.3 is 0 Å². The molecule has 3 aromatic rings. The summed E-state index contributed by atoms with van der Waals surface area (Å²) in [5, 5.41) is 20.2. The minimum absolute atomic E-state index is 0.292. The van der Waals surface area contributed by atoms with E-state index < -0.39 is 14.8 Å². The second-order valence-corrected chi connectivity index (χ2v) is 12.3. The number of rotatable bonds is 7. The summed E-state index contributed by atoms with van der Waals surface area (Å²) in [6.07, 6.45) is 2.35. The van der Waals surface area contributed by atoms with E-state index in [0.29, 0.717) is 60.7 Å². The maximum absolute atomic E-state index is 14.0. The van der Waals surface area contributed by atoms with Crippen LogP contribution in [0.2, 0.25) is 0 Å². The van der Waals surface area contributed by atoms with Gasteiger partial charge in [0.1, 0.15) is 18.3 Å². The number of hydrogen-bond donors (Lipinski definition) is 0. The number of hydrogen-bond acceptors (Lipinski definition) is 7. The largest absolute Gasteiger partial charge is 0.604 e. The number of ether oxygens (including phenoxy) is 2. The van der Waals surface area contributed by atoms with Crippen molar-refractivity contribution >= 4 is 32.2 Å². The zero-order valence-corrected chi connectivity index (χ0v) is 23.8. The second-order valence-electron chi connectivity index (χ2n) is 10.4. The lowest BCUT2D eigenvalue weighted by Crippen LogP contribution is -2.54. The predicted molar refractivity (Wildman–Crippen MR) is 154 cm³/mol. The van der Waals surface area contributed by atoms with E-state index in [1.54, 1.807) is 26.4 Å². The fourth-order valence-corrected chi connectivity index (χ4v) is 7.44. The molecule has 0 aliphatic carbocycles. The molecule has 1 fully saturated rings. The molecule has 1 unspecified atom stereocenters. The molecule has 2 heterocycles. The first-order valence-electron chi connectivity index (χ1n) is 13.3. The van der Waals surface area contributed by atoms with E-state index >= 15 is 0 Å². The van der Waals surface area contributed by atoms with E-state index in [0.717, 1.165) is 28.8 Å². The van der Waals surface area contributed by atoms with E-state index in [-0.39, 0.29) is 6.04 Å². The van der Waals surface area contributed by atoms with Crippen molar-refractivity contribution < 1.29 is 22.6 Å². The molecular weight excluding hydrogens is 516 g/mol. The summed E-state index contributed by atoms with van der Waals surface area (Å²) in [4.78, 5) is 2.29. The minimum atomic E-state index is -3.73. The van der Waals surface area contributed by atoms with Crippen molar-refractivity contribution in [1.82, 2.24) is 4.31 Å². The molecule has 0 saturated carbocycles. The van der Waals surface area contributed by atoms with E-state index in [1.165, 1.54) is 4.31 Å². The molecule has 2 aliphatic rings. The lowest BCUT2D eigenvalue weighted by molar-refractivity contribution is -0.915. The Kier molecular flexibility index (Phi) is 7.56. The van der Waals surface area contributed by atoms with E-state index in [1.807, 2.05) is 61.5 Å². The van der Waals surface area contributed by atoms with Gasteiger partial charge in [0, 0.05) is 74.9 Å². The van der Waals surface area contributed by atoms with Gasteiger partial charge in [-0.25, -0.2) is 13.2 Å². The van der Waals surface area contributed by atoms with Crippen LogP contribution < -0.4 is 14.4 Å². The normalized spacial score (nSPS) is 21.0. The maximum Gasteiger partial charge on any atom is 0.243 e. The Morgan fingerprint density at radius 3 is 2.36 bits per heavy atom. The van der Waals surface area contributed by atoms with Gasteiger partial charge in [-0.2, -0.15) is 4.31 Å². The molecular formula is C29H36N4O5S. The number of fused-ring (bicyclic) bond motifs is 1. The van der Waals surface area contributed by atoms with Crippen LogP contribution in [-0.4, -0.2) is 77.2 Å². The first kappa shape index (κ1) is 27.4. The highest BCUT2D eigenvalue weighted by atomic mass is 32.2. The zero-order chi connectivity index (χ0) is 27.8. The first-order valence-corrected chi connectivity index (χ1v) is 14.7. The van der Waals surface area contributed by atoms with Crippen molar-refractivity contribution in [3.8, 4) is 11.5 Å². The number of quaternary nitrogens is 1. The average molecular weight is 553 g/mol. The average Bonchev–Trinajstić information content (AvgIpc) is 2.96. The van der Waals surface area contributed by atoms with Crippen LogP contribution in [0.25, 0.3) is 10.8 Å². The van der Waals surface area contributed by atoms with Crippen LogP contribution in [-0.2, 0) is 10.0 Å². The summed E-state index contributed by atoms with van der Waals surface area (Å²) in [5.41, 5.74) is 2.56. The Morgan fingerprint density at radius 2 is 1.67 bits per heavy atom. The lowest BCUT2D eigenvalue weighted by Gasteiger charge is -2.47.